The maximum atomic E-state index is 14.1. The van der Waals surface area contributed by atoms with Crippen LogP contribution in [0.3, 0.4) is 0 Å². The number of benzene rings is 3. The highest BCUT2D eigenvalue weighted by Gasteiger charge is 2.43. The smallest absolute Gasteiger partial charge is 0.211 e. The molecule has 0 N–H and O–H groups in total. The maximum Gasteiger partial charge on any atom is 0.211 e. The summed E-state index contributed by atoms with van der Waals surface area (Å²) in [7, 11) is -2.56. The summed E-state index contributed by atoms with van der Waals surface area (Å²) in [6.07, 6.45) is 0. The van der Waals surface area contributed by atoms with Crippen molar-refractivity contribution in [3.8, 4) is 0 Å². The Balaban J connectivity index is 2.16. The fourth-order valence-corrected chi connectivity index (χ4v) is 6.79. The molecule has 3 aromatic carbocycles. The summed E-state index contributed by atoms with van der Waals surface area (Å²) in [6, 6.07) is 26.8. The quantitative estimate of drug-likeness (QED) is 0.248. The second kappa shape index (κ2) is 9.49. The average Bonchev–Trinajstić information content (AvgIpc) is 2.74. The zero-order valence-electron chi connectivity index (χ0n) is 17.0. The van der Waals surface area contributed by atoms with E-state index in [-0.39, 0.29) is 16.9 Å². The first-order chi connectivity index (χ1) is 14.3. The van der Waals surface area contributed by atoms with Crippen molar-refractivity contribution in [2.45, 2.75) is 24.9 Å². The van der Waals surface area contributed by atoms with Gasteiger partial charge in [-0.1, -0.05) is 107 Å². The summed E-state index contributed by atoms with van der Waals surface area (Å²) in [5.41, 5.74) is 1.62. The molecule has 0 aliphatic carbocycles. The lowest BCUT2D eigenvalue weighted by molar-refractivity contribution is -0.483. The molecule has 30 heavy (non-hydrogen) atoms. The molecular formula is C24H24BrNO3Si. The Bertz CT molecular complexity index is 1020. The third-order valence-corrected chi connectivity index (χ3v) is 9.39. The molecular weight excluding hydrogens is 458 g/mol. The van der Waals surface area contributed by atoms with Gasteiger partial charge in [-0.2, -0.15) is 0 Å². The second-order valence-corrected chi connectivity index (χ2v) is 13.2. The van der Waals surface area contributed by atoms with Crippen LogP contribution < -0.4 is 5.19 Å². The van der Waals surface area contributed by atoms with Gasteiger partial charge in [0.05, 0.1) is 11.8 Å². The first-order valence-electron chi connectivity index (χ1n) is 9.82. The van der Waals surface area contributed by atoms with E-state index in [0.29, 0.717) is 0 Å². The fraction of sp³-hybridized carbons (Fsp3) is 0.208. The van der Waals surface area contributed by atoms with Crippen molar-refractivity contribution in [1.29, 1.82) is 0 Å². The summed E-state index contributed by atoms with van der Waals surface area (Å²) in [4.78, 5) is 25.4. The number of carbonyl (C=O) groups excluding carboxylic acids is 1. The topological polar surface area (TPSA) is 60.2 Å². The summed E-state index contributed by atoms with van der Waals surface area (Å²) in [6.45, 7) is 3.76. The van der Waals surface area contributed by atoms with Crippen LogP contribution in [0, 0.1) is 10.1 Å². The van der Waals surface area contributed by atoms with Gasteiger partial charge in [0, 0.05) is 9.40 Å². The molecule has 0 spiro atoms. The Morgan fingerprint density at radius 2 is 1.50 bits per heavy atom. The molecule has 0 amide bonds. The summed E-state index contributed by atoms with van der Waals surface area (Å²) < 4.78 is 0.840. The normalized spacial score (nSPS) is 13.4. The van der Waals surface area contributed by atoms with E-state index in [4.69, 9.17) is 0 Å². The number of nitrogens with zero attached hydrogens (tertiary/aromatic N) is 1. The number of hydrogen-bond donors (Lipinski definition) is 0. The molecule has 3 rings (SSSR count). The summed E-state index contributed by atoms with van der Waals surface area (Å²) in [5, 5.41) is 12.8. The highest BCUT2D eigenvalue weighted by Crippen LogP contribution is 2.37. The van der Waals surface area contributed by atoms with Crippen LogP contribution in [0.5, 0.6) is 0 Å². The third-order valence-electron chi connectivity index (χ3n) is 5.58. The van der Waals surface area contributed by atoms with E-state index >= 15 is 0 Å². The van der Waals surface area contributed by atoms with E-state index in [9.17, 15) is 14.9 Å². The molecule has 0 bridgehead atoms. The van der Waals surface area contributed by atoms with Crippen LogP contribution in [0.15, 0.2) is 89.4 Å². The van der Waals surface area contributed by atoms with Gasteiger partial charge < -0.3 is 4.79 Å². The van der Waals surface area contributed by atoms with Crippen molar-refractivity contribution >= 4 is 34.6 Å². The first-order valence-corrected chi connectivity index (χ1v) is 13.6. The van der Waals surface area contributed by atoms with Crippen molar-refractivity contribution in [1.82, 2.24) is 0 Å². The summed E-state index contributed by atoms with van der Waals surface area (Å²) in [5.74, 6) is -1.14. The zero-order valence-corrected chi connectivity index (χ0v) is 19.6. The van der Waals surface area contributed by atoms with Crippen molar-refractivity contribution in [3.63, 3.8) is 0 Å². The van der Waals surface area contributed by atoms with Crippen LogP contribution in [0.4, 0.5) is 0 Å². The molecule has 154 valence electrons. The van der Waals surface area contributed by atoms with Gasteiger partial charge in [0.1, 0.15) is 5.41 Å². The number of carbonyl (C=O) groups is 1. The number of halogens is 1. The van der Waals surface area contributed by atoms with Crippen LogP contribution in [0.2, 0.25) is 13.1 Å². The maximum absolute atomic E-state index is 14.1. The Kier molecular flexibility index (Phi) is 7.00. The lowest BCUT2D eigenvalue weighted by Gasteiger charge is -2.31. The molecule has 4 nitrogen and oxygen atoms in total. The Morgan fingerprint density at radius 3 is 2.07 bits per heavy atom. The average molecular weight is 482 g/mol. The van der Waals surface area contributed by atoms with Crippen molar-refractivity contribution in [3.05, 3.63) is 111 Å². The molecule has 2 atom stereocenters. The van der Waals surface area contributed by atoms with Crippen molar-refractivity contribution in [2.75, 3.05) is 6.54 Å². The van der Waals surface area contributed by atoms with Gasteiger partial charge >= 0.3 is 0 Å². The molecule has 0 fully saturated rings. The molecule has 6 heteroatoms. The van der Waals surface area contributed by atoms with Gasteiger partial charge in [-0.3, -0.25) is 10.1 Å². The van der Waals surface area contributed by atoms with E-state index in [0.717, 1.165) is 20.8 Å². The Morgan fingerprint density at radius 1 is 0.933 bits per heavy atom. The highest BCUT2D eigenvalue weighted by atomic mass is 79.9. The van der Waals surface area contributed by atoms with Gasteiger partial charge in [0.25, 0.3) is 0 Å². The lowest BCUT2D eigenvalue weighted by atomic mass is 9.82. The molecule has 3 aromatic rings. The first kappa shape index (κ1) is 22.1. The molecule has 0 aromatic heterocycles. The largest absolute Gasteiger partial charge is 0.304 e. The highest BCUT2D eigenvalue weighted by molar-refractivity contribution is 9.10. The molecule has 0 saturated heterocycles. The molecule has 0 saturated carbocycles. The molecule has 0 radical (unpaired) electrons. The fourth-order valence-electron chi connectivity index (χ4n) is 3.91. The van der Waals surface area contributed by atoms with E-state index in [1.54, 1.807) is 0 Å². The monoisotopic (exact) mass is 481 g/mol. The number of hydrogen-bond acceptors (Lipinski definition) is 3. The predicted molar refractivity (Wildman–Crippen MR) is 126 cm³/mol. The molecule has 0 unspecified atom stereocenters. The molecule has 0 heterocycles. The van der Waals surface area contributed by atoms with E-state index in [1.807, 2.05) is 98.0 Å². The minimum Gasteiger partial charge on any atom is -0.304 e. The van der Waals surface area contributed by atoms with Crippen LogP contribution >= 0.6 is 15.9 Å². The molecule has 0 aliphatic heterocycles. The Labute approximate surface area is 186 Å². The second-order valence-electron chi connectivity index (χ2n) is 7.92. The third kappa shape index (κ3) is 4.94. The van der Waals surface area contributed by atoms with E-state index in [2.05, 4.69) is 15.9 Å². The Hall–Kier alpha value is -2.57. The van der Waals surface area contributed by atoms with Crippen molar-refractivity contribution < 1.29 is 9.72 Å². The standard InChI is InChI=1S/C24H24BrNO3Si/c1-30(2,21-14-7-4-8-15-21)24(27)23(18-10-5-3-6-11-18)22(17-26(28)29)19-12-9-13-20(25)16-19/h3-16,22-23H,17H2,1-2H3/t22-,23+/m0/s1. The van der Waals surface area contributed by atoms with Crippen molar-refractivity contribution in [2.24, 2.45) is 0 Å². The van der Waals surface area contributed by atoms with Gasteiger partial charge in [-0.05, 0) is 23.3 Å². The van der Waals surface area contributed by atoms with Crippen LogP contribution in [0.1, 0.15) is 23.0 Å². The van der Waals surface area contributed by atoms with E-state index in [1.165, 1.54) is 0 Å². The minimum absolute atomic E-state index is 0.103. The predicted octanol–water partition coefficient (Wildman–Crippen LogP) is 5.32. The number of nitro groups is 1. The van der Waals surface area contributed by atoms with Crippen LogP contribution in [-0.4, -0.2) is 24.9 Å². The van der Waals surface area contributed by atoms with Crippen LogP contribution in [-0.2, 0) is 4.79 Å². The van der Waals surface area contributed by atoms with Gasteiger partial charge in [0.15, 0.2) is 8.07 Å². The molecule has 0 aliphatic rings. The van der Waals surface area contributed by atoms with Crippen LogP contribution in [0.25, 0.3) is 0 Å². The SMILES string of the molecule is C[Si](C)(C(=O)[C@H](c1ccccc1)[C@@H](C[N+](=O)[O-])c1cccc(Br)c1)c1ccccc1. The zero-order chi connectivity index (χ0) is 21.7. The van der Waals surface area contributed by atoms with E-state index < -0.39 is 19.9 Å². The van der Waals surface area contributed by atoms with Gasteiger partial charge in [0.2, 0.25) is 6.54 Å². The lowest BCUT2D eigenvalue weighted by Crippen LogP contribution is -2.53. The summed E-state index contributed by atoms with van der Waals surface area (Å²) >= 11 is 3.47. The van der Waals surface area contributed by atoms with Gasteiger partial charge in [-0.15, -0.1) is 0 Å². The van der Waals surface area contributed by atoms with Gasteiger partial charge in [-0.25, -0.2) is 0 Å². The number of rotatable bonds is 8. The minimum atomic E-state index is -2.56.